The molecule has 76 valence electrons. The predicted octanol–water partition coefficient (Wildman–Crippen LogP) is 2.94. The van der Waals surface area contributed by atoms with Crippen LogP contribution in [0.25, 0.3) is 0 Å². The number of hydrogen-bond acceptors (Lipinski definition) is 2. The first-order chi connectivity index (χ1) is 6.43. The minimum absolute atomic E-state index is 0.0919. The zero-order valence-electron chi connectivity index (χ0n) is 7.97. The topological polar surface area (TPSA) is 43.1 Å². The lowest BCUT2D eigenvalue weighted by molar-refractivity contribution is 0.0967. The largest absolute Gasteiger partial charge is 0.321 e. The number of Topliss-reactive ketones (excluding diaryl/α,β-unsaturated/α-hetero) is 1. The molecule has 0 fully saturated rings. The molecule has 1 aromatic carbocycles. The van der Waals surface area contributed by atoms with Crippen molar-refractivity contribution in [2.45, 2.75) is 19.9 Å². The van der Waals surface area contributed by atoms with E-state index in [9.17, 15) is 4.79 Å². The van der Waals surface area contributed by atoms with E-state index in [0.717, 1.165) is 10.0 Å². The maximum Gasteiger partial charge on any atom is 0.179 e. The third-order valence-corrected chi connectivity index (χ3v) is 2.84. The third-order valence-electron chi connectivity index (χ3n) is 1.99. The van der Waals surface area contributed by atoms with Crippen LogP contribution in [0.5, 0.6) is 0 Å². The number of ketones is 1. The summed E-state index contributed by atoms with van der Waals surface area (Å²) >= 11 is 9.23. The van der Waals surface area contributed by atoms with Gasteiger partial charge in [0.1, 0.15) is 0 Å². The Hall–Kier alpha value is -0.380. The Morgan fingerprint density at radius 1 is 1.57 bits per heavy atom. The molecule has 0 aliphatic carbocycles. The minimum atomic E-state index is -0.501. The second-order valence-corrected chi connectivity index (χ2v) is 4.54. The average molecular weight is 277 g/mol. The van der Waals surface area contributed by atoms with Crippen LogP contribution >= 0.6 is 27.5 Å². The Morgan fingerprint density at radius 2 is 2.14 bits per heavy atom. The van der Waals surface area contributed by atoms with Crippen molar-refractivity contribution in [3.05, 3.63) is 32.8 Å². The second-order valence-electron chi connectivity index (χ2n) is 3.21. The molecule has 0 aliphatic rings. The Kier molecular flexibility index (Phi) is 3.70. The van der Waals surface area contributed by atoms with Gasteiger partial charge in [0, 0.05) is 15.1 Å². The summed E-state index contributed by atoms with van der Waals surface area (Å²) in [4.78, 5) is 11.7. The van der Waals surface area contributed by atoms with Gasteiger partial charge in [-0.25, -0.2) is 0 Å². The molecule has 0 aromatic heterocycles. The van der Waals surface area contributed by atoms with Gasteiger partial charge < -0.3 is 5.73 Å². The molecule has 1 unspecified atom stereocenters. The molecule has 4 heteroatoms. The molecule has 0 radical (unpaired) electrons. The van der Waals surface area contributed by atoms with E-state index < -0.39 is 6.04 Å². The summed E-state index contributed by atoms with van der Waals surface area (Å²) in [5, 5.41) is 0.573. The number of nitrogens with two attached hydrogens (primary N) is 1. The summed E-state index contributed by atoms with van der Waals surface area (Å²) < 4.78 is 0.789. The van der Waals surface area contributed by atoms with Crippen LogP contribution in [0.2, 0.25) is 5.02 Å². The molecule has 14 heavy (non-hydrogen) atoms. The van der Waals surface area contributed by atoms with E-state index in [0.29, 0.717) is 10.6 Å². The van der Waals surface area contributed by atoms with Crippen molar-refractivity contribution in [3.63, 3.8) is 0 Å². The molecule has 1 aromatic rings. The van der Waals surface area contributed by atoms with Gasteiger partial charge >= 0.3 is 0 Å². The van der Waals surface area contributed by atoms with Crippen molar-refractivity contribution < 1.29 is 4.79 Å². The molecule has 2 nitrogen and oxygen atoms in total. The zero-order chi connectivity index (χ0) is 10.9. The summed E-state index contributed by atoms with van der Waals surface area (Å²) in [5.41, 5.74) is 6.89. The lowest BCUT2D eigenvalue weighted by atomic mass is 10.0. The van der Waals surface area contributed by atoms with Gasteiger partial charge in [0.05, 0.1) is 6.04 Å². The summed E-state index contributed by atoms with van der Waals surface area (Å²) in [6.07, 6.45) is 0. The van der Waals surface area contributed by atoms with E-state index in [1.54, 1.807) is 19.1 Å². The highest BCUT2D eigenvalue weighted by Gasteiger charge is 2.15. The van der Waals surface area contributed by atoms with Crippen LogP contribution in [0.15, 0.2) is 16.6 Å². The van der Waals surface area contributed by atoms with Gasteiger partial charge in [-0.1, -0.05) is 27.5 Å². The molecule has 1 atom stereocenters. The van der Waals surface area contributed by atoms with Crippen LogP contribution in [0.1, 0.15) is 22.8 Å². The first-order valence-electron chi connectivity index (χ1n) is 4.19. The van der Waals surface area contributed by atoms with Crippen LogP contribution in [-0.2, 0) is 0 Å². The molecule has 0 amide bonds. The van der Waals surface area contributed by atoms with Crippen LogP contribution in [0.3, 0.4) is 0 Å². The highest BCUT2D eigenvalue weighted by molar-refractivity contribution is 9.10. The van der Waals surface area contributed by atoms with E-state index in [-0.39, 0.29) is 5.78 Å². The summed E-state index contributed by atoms with van der Waals surface area (Å²) in [6.45, 7) is 3.47. The second kappa shape index (κ2) is 4.43. The Morgan fingerprint density at radius 3 is 2.64 bits per heavy atom. The van der Waals surface area contributed by atoms with Crippen molar-refractivity contribution in [2.24, 2.45) is 5.73 Å². The van der Waals surface area contributed by atoms with Gasteiger partial charge in [-0.3, -0.25) is 4.79 Å². The van der Waals surface area contributed by atoms with Crippen molar-refractivity contribution in [3.8, 4) is 0 Å². The minimum Gasteiger partial charge on any atom is -0.321 e. The number of carbonyl (C=O) groups is 1. The lowest BCUT2D eigenvalue weighted by Crippen LogP contribution is -2.27. The monoisotopic (exact) mass is 275 g/mol. The van der Waals surface area contributed by atoms with Gasteiger partial charge in [-0.05, 0) is 31.5 Å². The Labute approximate surface area is 96.6 Å². The molecular formula is C10H11BrClNO. The molecule has 0 saturated carbocycles. The van der Waals surface area contributed by atoms with Crippen molar-refractivity contribution >= 4 is 33.3 Å². The third kappa shape index (κ3) is 2.35. The fourth-order valence-corrected chi connectivity index (χ4v) is 1.96. The number of hydrogen-bond donors (Lipinski definition) is 1. The molecule has 0 aliphatic heterocycles. The van der Waals surface area contributed by atoms with E-state index in [2.05, 4.69) is 15.9 Å². The standard InChI is InChI=1S/C10H11BrClNO/c1-5-8(10(14)6(2)13)3-7(11)4-9(5)12/h3-4,6H,13H2,1-2H3. The normalized spacial score (nSPS) is 12.6. The van der Waals surface area contributed by atoms with Crippen LogP contribution in [-0.4, -0.2) is 11.8 Å². The van der Waals surface area contributed by atoms with Gasteiger partial charge in [-0.15, -0.1) is 0 Å². The fraction of sp³-hybridized carbons (Fsp3) is 0.300. The van der Waals surface area contributed by atoms with Crippen LogP contribution < -0.4 is 5.73 Å². The van der Waals surface area contributed by atoms with Gasteiger partial charge in [0.2, 0.25) is 0 Å². The lowest BCUT2D eigenvalue weighted by Gasteiger charge is -2.09. The van der Waals surface area contributed by atoms with E-state index in [1.165, 1.54) is 0 Å². The quantitative estimate of drug-likeness (QED) is 0.844. The average Bonchev–Trinajstić information content (AvgIpc) is 2.09. The Bertz CT molecular complexity index is 377. The highest BCUT2D eigenvalue weighted by atomic mass is 79.9. The first-order valence-corrected chi connectivity index (χ1v) is 5.36. The fourth-order valence-electron chi connectivity index (χ4n) is 1.15. The number of halogens is 2. The molecule has 0 bridgehead atoms. The molecule has 1 rings (SSSR count). The molecular weight excluding hydrogens is 265 g/mol. The van der Waals surface area contributed by atoms with Crippen LogP contribution in [0, 0.1) is 6.92 Å². The van der Waals surface area contributed by atoms with Crippen molar-refractivity contribution in [1.82, 2.24) is 0 Å². The van der Waals surface area contributed by atoms with Gasteiger partial charge in [-0.2, -0.15) is 0 Å². The van der Waals surface area contributed by atoms with E-state index >= 15 is 0 Å². The van der Waals surface area contributed by atoms with E-state index in [4.69, 9.17) is 17.3 Å². The SMILES string of the molecule is Cc1c(Cl)cc(Br)cc1C(=O)C(C)N. The molecule has 0 saturated heterocycles. The summed E-state index contributed by atoms with van der Waals surface area (Å²) in [5.74, 6) is -0.0919. The smallest absolute Gasteiger partial charge is 0.179 e. The van der Waals surface area contributed by atoms with Crippen LogP contribution in [0.4, 0.5) is 0 Å². The maximum atomic E-state index is 11.7. The maximum absolute atomic E-state index is 11.7. The van der Waals surface area contributed by atoms with Gasteiger partial charge in [0.25, 0.3) is 0 Å². The molecule has 2 N–H and O–H groups in total. The zero-order valence-corrected chi connectivity index (χ0v) is 10.3. The Balaban J connectivity index is 3.27. The number of carbonyl (C=O) groups excluding carboxylic acids is 1. The van der Waals surface area contributed by atoms with Crippen molar-refractivity contribution in [2.75, 3.05) is 0 Å². The number of benzene rings is 1. The number of rotatable bonds is 2. The van der Waals surface area contributed by atoms with E-state index in [1.807, 2.05) is 6.92 Å². The summed E-state index contributed by atoms with van der Waals surface area (Å²) in [7, 11) is 0. The highest BCUT2D eigenvalue weighted by Crippen LogP contribution is 2.25. The molecule has 0 heterocycles. The van der Waals surface area contributed by atoms with Gasteiger partial charge in [0.15, 0.2) is 5.78 Å². The first kappa shape index (κ1) is 11.7. The van der Waals surface area contributed by atoms with Crippen molar-refractivity contribution in [1.29, 1.82) is 0 Å². The predicted molar refractivity (Wildman–Crippen MR) is 61.9 cm³/mol. The molecule has 0 spiro atoms. The summed E-state index contributed by atoms with van der Waals surface area (Å²) in [6, 6.07) is 3.00.